The van der Waals surface area contributed by atoms with Crippen LogP contribution < -0.4 is 22.1 Å². The Kier molecular flexibility index (Phi) is 23.5. The average molecular weight is 1250 g/mol. The molecule has 7 N–H and O–H groups in total. The van der Waals surface area contributed by atoms with E-state index in [0.717, 1.165) is 11.1 Å². The summed E-state index contributed by atoms with van der Waals surface area (Å²) in [5.74, 6) is -5.37. The molecule has 5 fully saturated rings. The zero-order valence-corrected chi connectivity index (χ0v) is 52.7. The number of hydrogen-bond donors (Lipinski definition) is 5. The van der Waals surface area contributed by atoms with Crippen molar-refractivity contribution in [1.29, 1.82) is 0 Å². The van der Waals surface area contributed by atoms with Crippen molar-refractivity contribution in [3.63, 3.8) is 0 Å². The van der Waals surface area contributed by atoms with Gasteiger partial charge in [0.2, 0.25) is 17.7 Å². The van der Waals surface area contributed by atoms with Crippen LogP contribution in [-0.4, -0.2) is 170 Å². The van der Waals surface area contributed by atoms with E-state index in [1.807, 2.05) is 81.4 Å². The average Bonchev–Trinajstić information content (AvgIpc) is 1.05. The third-order valence-electron chi connectivity index (χ3n) is 18.2. The first-order chi connectivity index (χ1) is 42.2. The molecule has 3 aromatic carbocycles. The van der Waals surface area contributed by atoms with Crippen LogP contribution in [0, 0.1) is 35.5 Å². The van der Waals surface area contributed by atoms with Gasteiger partial charge in [0.05, 0.1) is 74.6 Å². The standard InChI is InChI=1S/C65H90N4O20/c1-32-33(2)53(78-29-44-24-18-14-19-25-44)62(82-46(32)30-77-28-43-22-16-13-17-23-43)79-31-47-52(37(6)49(69-42(11)72)61(83-47)88-55-40(9)80-57(58(66)73)65(12,76)56(55)89-64(67)75)87-60-48(68-41(10)71)36(5)51(39(8)81-60)86-63-54(35(4)34(3)50(85-63)38(7)70)84-59(74)45-26-20-15-21-27-45/h13-27,32-37,39-40,46-57,60-63,76H,28-31H2,1-12H3,(H2,66,73)(H2,67,75)(H,68,71)(H,69,72)/t32-,33+,34-,35+,36-,37-,39?,40+,46?,47?,48?,49?,50?,51-,52-,53?,54?,55?,56-,57?,60+,61+,62-,63+,65+/m1/s1. The summed E-state index contributed by atoms with van der Waals surface area (Å²) in [4.78, 5) is 78.9. The van der Waals surface area contributed by atoms with Gasteiger partial charge in [-0.15, -0.1) is 0 Å². The smallest absolute Gasteiger partial charge is 0.404 e. The number of hydrogen-bond acceptors (Lipinski definition) is 20. The van der Waals surface area contributed by atoms with Crippen molar-refractivity contribution < 1.29 is 95.5 Å². The molecule has 4 amide bonds. The zero-order valence-electron chi connectivity index (χ0n) is 52.7. The number of rotatable bonds is 23. The first kappa shape index (κ1) is 68.9. The largest absolute Gasteiger partial charge is 0.453 e. The number of esters is 1. The number of carbonyl (C=O) groups is 6. The number of aliphatic hydroxyl groups is 1. The van der Waals surface area contributed by atoms with E-state index in [9.17, 15) is 33.9 Å². The lowest BCUT2D eigenvalue weighted by molar-refractivity contribution is -0.358. The van der Waals surface area contributed by atoms with Crippen molar-refractivity contribution >= 4 is 35.6 Å². The van der Waals surface area contributed by atoms with Crippen molar-refractivity contribution in [3.8, 4) is 0 Å². The Hall–Kier alpha value is -6.00. The van der Waals surface area contributed by atoms with Gasteiger partial charge < -0.3 is 88.8 Å². The van der Waals surface area contributed by atoms with Gasteiger partial charge >= 0.3 is 12.1 Å². The van der Waals surface area contributed by atoms with Crippen LogP contribution in [0.4, 0.5) is 4.79 Å². The van der Waals surface area contributed by atoms with Gasteiger partial charge in [-0.25, -0.2) is 9.59 Å². The minimum absolute atomic E-state index is 0.0837. The minimum Gasteiger partial charge on any atom is -0.453 e. The summed E-state index contributed by atoms with van der Waals surface area (Å²) in [5.41, 5.74) is 11.2. The van der Waals surface area contributed by atoms with Crippen LogP contribution in [0.5, 0.6) is 0 Å². The highest BCUT2D eigenvalue weighted by atomic mass is 16.8. The van der Waals surface area contributed by atoms with Gasteiger partial charge in [0.25, 0.3) is 0 Å². The molecule has 0 aromatic heterocycles. The number of primary amides is 2. The van der Waals surface area contributed by atoms with Crippen LogP contribution in [0.25, 0.3) is 0 Å². The number of nitrogens with two attached hydrogens (primary N) is 2. The molecular weight excluding hydrogens is 1160 g/mol. The van der Waals surface area contributed by atoms with Crippen LogP contribution in [-0.2, 0) is 94.0 Å². The van der Waals surface area contributed by atoms with Crippen molar-refractivity contribution in [2.24, 2.45) is 47.0 Å². The molecule has 24 nitrogen and oxygen atoms in total. The number of ketones is 1. The molecule has 5 heterocycles. The van der Waals surface area contributed by atoms with Crippen LogP contribution >= 0.6 is 0 Å². The van der Waals surface area contributed by atoms with E-state index in [-0.39, 0.29) is 43.4 Å². The van der Waals surface area contributed by atoms with E-state index in [1.165, 1.54) is 34.6 Å². The first-order valence-electron chi connectivity index (χ1n) is 30.7. The van der Waals surface area contributed by atoms with Gasteiger partial charge in [-0.3, -0.25) is 19.2 Å². The van der Waals surface area contributed by atoms with Crippen molar-refractivity contribution in [1.82, 2.24) is 10.6 Å². The molecule has 0 spiro atoms. The quantitative estimate of drug-likeness (QED) is 0.0779. The molecule has 8 rings (SSSR count). The Morgan fingerprint density at radius 1 is 0.517 bits per heavy atom. The van der Waals surface area contributed by atoms with Crippen molar-refractivity contribution in [2.75, 3.05) is 13.2 Å². The van der Waals surface area contributed by atoms with E-state index in [4.69, 9.17) is 73.0 Å². The number of carbonyl (C=O) groups excluding carboxylic acids is 6. The predicted octanol–water partition coefficient (Wildman–Crippen LogP) is 5.01. The summed E-state index contributed by atoms with van der Waals surface area (Å²) in [6, 6.07) is 25.8. The molecule has 0 aliphatic carbocycles. The van der Waals surface area contributed by atoms with Gasteiger partial charge in [0, 0.05) is 31.6 Å². The van der Waals surface area contributed by atoms with Crippen molar-refractivity contribution in [2.45, 2.75) is 212 Å². The Labute approximate surface area is 520 Å². The third kappa shape index (κ3) is 16.6. The molecule has 5 aliphatic heterocycles. The third-order valence-corrected chi connectivity index (χ3v) is 18.2. The number of amides is 4. The number of nitrogens with one attached hydrogen (secondary N) is 2. The molecule has 89 heavy (non-hydrogen) atoms. The summed E-state index contributed by atoms with van der Waals surface area (Å²) < 4.78 is 85.3. The molecule has 5 saturated heterocycles. The zero-order chi connectivity index (χ0) is 64.6. The summed E-state index contributed by atoms with van der Waals surface area (Å²) in [6.45, 7) is 20.5. The summed E-state index contributed by atoms with van der Waals surface area (Å²) in [5, 5.41) is 17.8. The van der Waals surface area contributed by atoms with Gasteiger partial charge in [-0.05, 0) is 68.7 Å². The van der Waals surface area contributed by atoms with E-state index < -0.39 is 164 Å². The Morgan fingerprint density at radius 3 is 1.61 bits per heavy atom. The summed E-state index contributed by atoms with van der Waals surface area (Å²) >= 11 is 0. The second-order valence-corrected chi connectivity index (χ2v) is 24.8. The maximum absolute atomic E-state index is 13.7. The Balaban J connectivity index is 1.13. The lowest BCUT2D eigenvalue weighted by atomic mass is 9.81. The highest BCUT2D eigenvalue weighted by molar-refractivity contribution is 5.89. The molecule has 490 valence electrons. The highest BCUT2D eigenvalue weighted by Crippen LogP contribution is 2.42. The van der Waals surface area contributed by atoms with E-state index in [1.54, 1.807) is 44.2 Å². The first-order valence-corrected chi connectivity index (χ1v) is 30.7. The molecule has 0 saturated carbocycles. The van der Waals surface area contributed by atoms with E-state index in [2.05, 4.69) is 24.5 Å². The van der Waals surface area contributed by atoms with Crippen molar-refractivity contribution in [3.05, 3.63) is 108 Å². The number of benzene rings is 3. The highest BCUT2D eigenvalue weighted by Gasteiger charge is 2.60. The van der Waals surface area contributed by atoms with Crippen LogP contribution in [0.3, 0.4) is 0 Å². The maximum atomic E-state index is 13.7. The van der Waals surface area contributed by atoms with Crippen LogP contribution in [0.1, 0.15) is 105 Å². The Bertz CT molecular complexity index is 2840. The predicted molar refractivity (Wildman–Crippen MR) is 317 cm³/mol. The molecule has 3 aromatic rings. The van der Waals surface area contributed by atoms with Gasteiger partial charge in [-0.1, -0.05) is 120 Å². The molecule has 5 aliphatic rings. The molecular formula is C65H90N4O20. The lowest BCUT2D eigenvalue weighted by Gasteiger charge is -2.52. The van der Waals surface area contributed by atoms with E-state index >= 15 is 0 Å². The van der Waals surface area contributed by atoms with Crippen LogP contribution in [0.15, 0.2) is 91.0 Å². The van der Waals surface area contributed by atoms with Gasteiger partial charge in [0.1, 0.15) is 30.0 Å². The topological polar surface area (TPSA) is 319 Å². The molecule has 25 atom stereocenters. The second kappa shape index (κ2) is 30.4. The van der Waals surface area contributed by atoms with E-state index in [0.29, 0.717) is 12.2 Å². The fraction of sp³-hybridized carbons (Fsp3) is 0.631. The monoisotopic (exact) mass is 1250 g/mol. The Morgan fingerprint density at radius 2 is 1.03 bits per heavy atom. The molecule has 0 radical (unpaired) electrons. The van der Waals surface area contributed by atoms with Crippen LogP contribution in [0.2, 0.25) is 0 Å². The maximum Gasteiger partial charge on any atom is 0.404 e. The normalized spacial score (nSPS) is 38.1. The molecule has 24 heteroatoms. The van der Waals surface area contributed by atoms with Gasteiger partial charge in [0.15, 0.2) is 49.3 Å². The lowest BCUT2D eigenvalue weighted by Crippen LogP contribution is -2.71. The second-order valence-electron chi connectivity index (χ2n) is 24.8. The molecule has 10 unspecified atom stereocenters. The number of Topliss-reactive ketones (excluding diaryl/α,β-unsaturated/α-hetero) is 1. The number of ether oxygens (including phenoxy) is 13. The van der Waals surface area contributed by atoms with Gasteiger partial charge in [-0.2, -0.15) is 0 Å². The summed E-state index contributed by atoms with van der Waals surface area (Å²) in [6.07, 6.45) is -19.3. The SMILES string of the molecule is CC(=O)NC1[C@H](O[C@H]2C(CO[C@@H]3OC(COCc4ccccc4)[C@H](C)[C@H](C)C3OCc3ccccc3)O[C@@H](OC3[C@H](C)OC(C(N)=O)[C@@](C)(O)[C@@H]3OC(N)=O)C(NC(C)=O)[C@H]2C)OC(C)[C@H](O[C@@H]2OC(C(C)=O)[C@H](C)[C@H](C)C2OC(=O)c2ccccc2)[C@@H]1C. The molecule has 0 bridgehead atoms. The fourth-order valence-electron chi connectivity index (χ4n) is 12.8. The summed E-state index contributed by atoms with van der Waals surface area (Å²) in [7, 11) is 0. The minimum atomic E-state index is -2.30. The fourth-order valence-corrected chi connectivity index (χ4v) is 12.8.